The van der Waals surface area contributed by atoms with Gasteiger partial charge < -0.3 is 5.73 Å². The lowest BCUT2D eigenvalue weighted by molar-refractivity contribution is -0.415. The van der Waals surface area contributed by atoms with Gasteiger partial charge in [0.05, 0.1) is 23.3 Å². The molecule has 0 saturated heterocycles. The quantitative estimate of drug-likeness (QED) is 0.336. The highest BCUT2D eigenvalue weighted by Crippen LogP contribution is 2.16. The van der Waals surface area contributed by atoms with Crippen LogP contribution in [0, 0.1) is 10.1 Å². The fourth-order valence-corrected chi connectivity index (χ4v) is 1.36. The normalized spacial score (nSPS) is 14.0. The second-order valence-electron chi connectivity index (χ2n) is 3.64. The smallest absolute Gasteiger partial charge is 0.305 e. The summed E-state index contributed by atoms with van der Waals surface area (Å²) in [6, 6.07) is 0. The SMILES string of the molecule is CC(=NC(C)(C)COSF)C(=CN)[N+](=O)[O-]. The Balaban J connectivity index is 4.81. The Morgan fingerprint density at radius 1 is 1.75 bits per heavy atom. The molecule has 16 heavy (non-hydrogen) atoms. The summed E-state index contributed by atoms with van der Waals surface area (Å²) >= 11 is -0.266. The first kappa shape index (κ1) is 14.8. The molecule has 6 nitrogen and oxygen atoms in total. The number of hydrogen-bond acceptors (Lipinski definition) is 6. The lowest BCUT2D eigenvalue weighted by Crippen LogP contribution is -2.26. The van der Waals surface area contributed by atoms with Crippen LogP contribution in [0.15, 0.2) is 16.9 Å². The van der Waals surface area contributed by atoms with Crippen LogP contribution in [0.2, 0.25) is 0 Å². The number of nitro groups is 1. The maximum Gasteiger partial charge on any atom is 0.305 e. The fourth-order valence-electron chi connectivity index (χ4n) is 1.02. The molecule has 0 aromatic rings. The zero-order valence-corrected chi connectivity index (χ0v) is 10.1. The van der Waals surface area contributed by atoms with E-state index in [1.807, 2.05) is 0 Å². The van der Waals surface area contributed by atoms with Crippen molar-refractivity contribution < 1.29 is 13.0 Å². The van der Waals surface area contributed by atoms with E-state index in [4.69, 9.17) is 5.73 Å². The van der Waals surface area contributed by atoms with Gasteiger partial charge in [0.15, 0.2) is 0 Å². The highest BCUT2D eigenvalue weighted by molar-refractivity contribution is 7.89. The fraction of sp³-hybridized carbons (Fsp3) is 0.625. The van der Waals surface area contributed by atoms with Crippen LogP contribution < -0.4 is 5.73 Å². The minimum Gasteiger partial charge on any atom is -0.399 e. The van der Waals surface area contributed by atoms with Crippen molar-refractivity contribution in [2.45, 2.75) is 26.3 Å². The number of aliphatic imine (C=N–C) groups is 1. The molecule has 0 radical (unpaired) electrons. The summed E-state index contributed by atoms with van der Waals surface area (Å²) in [6.07, 6.45) is 0.875. The van der Waals surface area contributed by atoms with E-state index in [1.165, 1.54) is 6.92 Å². The minimum absolute atomic E-state index is 0.00106. The maximum absolute atomic E-state index is 11.7. The highest BCUT2D eigenvalue weighted by Gasteiger charge is 2.22. The van der Waals surface area contributed by atoms with Gasteiger partial charge >= 0.3 is 5.70 Å². The molecule has 0 spiro atoms. The van der Waals surface area contributed by atoms with Crippen molar-refractivity contribution in [2.24, 2.45) is 10.7 Å². The zero-order valence-electron chi connectivity index (χ0n) is 9.27. The van der Waals surface area contributed by atoms with Gasteiger partial charge in [0.2, 0.25) is 12.4 Å². The van der Waals surface area contributed by atoms with Crippen LogP contribution in [0.25, 0.3) is 0 Å². The Hall–Kier alpha value is -1.15. The molecule has 8 heteroatoms. The predicted molar refractivity (Wildman–Crippen MR) is 61.1 cm³/mol. The largest absolute Gasteiger partial charge is 0.399 e. The maximum atomic E-state index is 11.7. The molecule has 0 unspecified atom stereocenters. The van der Waals surface area contributed by atoms with Crippen molar-refractivity contribution in [1.29, 1.82) is 0 Å². The first-order chi connectivity index (χ1) is 7.34. The Morgan fingerprint density at radius 2 is 2.31 bits per heavy atom. The monoisotopic (exact) mass is 251 g/mol. The zero-order chi connectivity index (χ0) is 12.8. The van der Waals surface area contributed by atoms with Crippen molar-refractivity contribution in [3.63, 3.8) is 0 Å². The summed E-state index contributed by atoms with van der Waals surface area (Å²) in [7, 11) is 0. The summed E-state index contributed by atoms with van der Waals surface area (Å²) in [4.78, 5) is 14.0. The molecule has 0 aromatic heterocycles. The molecule has 0 aromatic carbocycles. The lowest BCUT2D eigenvalue weighted by Gasteiger charge is -2.18. The van der Waals surface area contributed by atoms with Crippen molar-refractivity contribution >= 4 is 18.1 Å². The Labute approximate surface area is 97.4 Å². The van der Waals surface area contributed by atoms with Crippen LogP contribution in [-0.2, 0) is 4.18 Å². The van der Waals surface area contributed by atoms with Gasteiger partial charge in [0.25, 0.3) is 0 Å². The number of halogens is 1. The lowest BCUT2D eigenvalue weighted by atomic mass is 10.1. The summed E-state index contributed by atoms with van der Waals surface area (Å²) in [5.74, 6) is 0. The van der Waals surface area contributed by atoms with Crippen LogP contribution in [0.5, 0.6) is 0 Å². The van der Waals surface area contributed by atoms with E-state index in [1.54, 1.807) is 13.8 Å². The standard InChI is InChI=1S/C8H14FN3O3S/c1-6(7(4-10)12(13)14)11-8(2,3)5-15-16-9/h4H,5,10H2,1-3H3. The van der Waals surface area contributed by atoms with E-state index >= 15 is 0 Å². The number of nitrogens with zero attached hydrogens (tertiary/aromatic N) is 2. The minimum atomic E-state index is -0.757. The van der Waals surface area contributed by atoms with E-state index in [2.05, 4.69) is 9.18 Å². The summed E-state index contributed by atoms with van der Waals surface area (Å²) in [5, 5.41) is 10.6. The number of nitrogens with two attached hydrogens (primary N) is 1. The molecule has 0 aliphatic carbocycles. The summed E-state index contributed by atoms with van der Waals surface area (Å²) in [6.45, 7) is 4.80. The van der Waals surface area contributed by atoms with Gasteiger partial charge in [-0.2, -0.15) is 0 Å². The highest BCUT2D eigenvalue weighted by atomic mass is 32.2. The molecular formula is C8H14FN3O3S. The van der Waals surface area contributed by atoms with Gasteiger partial charge in [-0.3, -0.25) is 19.3 Å². The van der Waals surface area contributed by atoms with Crippen molar-refractivity contribution in [3.8, 4) is 0 Å². The van der Waals surface area contributed by atoms with Gasteiger partial charge in [-0.25, -0.2) is 0 Å². The summed E-state index contributed by atoms with van der Waals surface area (Å²) < 4.78 is 16.2. The van der Waals surface area contributed by atoms with Gasteiger partial charge in [-0.05, 0) is 20.8 Å². The van der Waals surface area contributed by atoms with E-state index in [9.17, 15) is 14.0 Å². The van der Waals surface area contributed by atoms with Crippen molar-refractivity contribution in [1.82, 2.24) is 0 Å². The van der Waals surface area contributed by atoms with Gasteiger partial charge in [0, 0.05) is 0 Å². The van der Waals surface area contributed by atoms with E-state index in [-0.39, 0.29) is 30.4 Å². The molecule has 2 N–H and O–H groups in total. The molecule has 0 aliphatic rings. The molecule has 0 heterocycles. The molecule has 0 bridgehead atoms. The second-order valence-corrected chi connectivity index (χ2v) is 4.01. The third-order valence-corrected chi connectivity index (χ3v) is 1.86. The van der Waals surface area contributed by atoms with Gasteiger partial charge in [-0.1, -0.05) is 0 Å². The predicted octanol–water partition coefficient (Wildman–Crippen LogP) is 1.85. The molecule has 92 valence electrons. The van der Waals surface area contributed by atoms with Gasteiger partial charge in [-0.15, -0.1) is 3.89 Å². The third-order valence-electron chi connectivity index (χ3n) is 1.65. The van der Waals surface area contributed by atoms with Gasteiger partial charge in [0.1, 0.15) is 5.71 Å². The molecule has 0 atom stereocenters. The molecule has 0 amide bonds. The average molecular weight is 251 g/mol. The second kappa shape index (κ2) is 6.44. The first-order valence-corrected chi connectivity index (χ1v) is 5.01. The van der Waals surface area contributed by atoms with Crippen LogP contribution in [0.1, 0.15) is 20.8 Å². The van der Waals surface area contributed by atoms with Crippen LogP contribution in [0.3, 0.4) is 0 Å². The van der Waals surface area contributed by atoms with Crippen LogP contribution in [0.4, 0.5) is 3.89 Å². The molecule has 0 aliphatic heterocycles. The first-order valence-electron chi connectivity index (χ1n) is 4.37. The Kier molecular flexibility index (Phi) is 5.97. The van der Waals surface area contributed by atoms with Crippen LogP contribution in [-0.4, -0.2) is 22.8 Å². The molecule has 0 fully saturated rings. The molecule has 0 rings (SSSR count). The Bertz CT molecular complexity index is 318. The molecule has 0 saturated carbocycles. The topological polar surface area (TPSA) is 90.8 Å². The number of hydrogen-bond donors (Lipinski definition) is 1. The third kappa shape index (κ3) is 5.08. The Morgan fingerprint density at radius 3 is 2.69 bits per heavy atom. The van der Waals surface area contributed by atoms with Crippen LogP contribution >= 0.6 is 12.4 Å². The number of allylic oxidation sites excluding steroid dienone is 1. The average Bonchev–Trinajstić information content (AvgIpc) is 2.14. The van der Waals surface area contributed by atoms with Crippen molar-refractivity contribution in [3.05, 3.63) is 22.0 Å². The molecular weight excluding hydrogens is 237 g/mol. The van der Waals surface area contributed by atoms with E-state index in [0.717, 1.165) is 6.20 Å². The number of rotatable bonds is 6. The van der Waals surface area contributed by atoms with Crippen molar-refractivity contribution in [2.75, 3.05) is 6.61 Å². The van der Waals surface area contributed by atoms with E-state index in [0.29, 0.717) is 0 Å². The summed E-state index contributed by atoms with van der Waals surface area (Å²) in [5.41, 5.74) is 4.25. The van der Waals surface area contributed by atoms with E-state index < -0.39 is 10.5 Å².